The number of halogens is 3. The first-order valence-corrected chi connectivity index (χ1v) is 6.73. The molecule has 124 valence electrons. The van der Waals surface area contributed by atoms with Gasteiger partial charge < -0.3 is 10.2 Å². The highest BCUT2D eigenvalue weighted by Crippen LogP contribution is 2.19. The van der Waals surface area contributed by atoms with Crippen LogP contribution in [0.15, 0.2) is 0 Å². The first kappa shape index (κ1) is 17.8. The van der Waals surface area contributed by atoms with E-state index in [-0.39, 0.29) is 5.06 Å². The summed E-state index contributed by atoms with van der Waals surface area (Å²) < 4.78 is 65.7. The summed E-state index contributed by atoms with van der Waals surface area (Å²) in [5.41, 5.74) is 0. The minimum absolute atomic E-state index is 0.305. The monoisotopic (exact) mass is 348 g/mol. The molecule has 1 unspecified atom stereocenters. The van der Waals surface area contributed by atoms with E-state index in [2.05, 4.69) is 4.84 Å². The van der Waals surface area contributed by atoms with E-state index >= 15 is 0 Å². The molecule has 1 heterocycles. The van der Waals surface area contributed by atoms with E-state index in [0.717, 1.165) is 5.32 Å². The second-order valence-electron chi connectivity index (χ2n) is 3.88. The lowest BCUT2D eigenvalue weighted by Gasteiger charge is -2.13. The van der Waals surface area contributed by atoms with Crippen LogP contribution in [0.1, 0.15) is 6.42 Å². The summed E-state index contributed by atoms with van der Waals surface area (Å²) in [6.45, 7) is -1.33. The fraction of sp³-hybridized carbons (Fsp3) is 0.500. The van der Waals surface area contributed by atoms with E-state index in [1.165, 1.54) is 0 Å². The van der Waals surface area contributed by atoms with Crippen molar-refractivity contribution in [2.75, 3.05) is 6.54 Å². The van der Waals surface area contributed by atoms with Gasteiger partial charge in [0.2, 0.25) is 0 Å². The summed E-state index contributed by atoms with van der Waals surface area (Å²) >= 11 is 0. The fourth-order valence-corrected chi connectivity index (χ4v) is 2.00. The molecule has 2 N–H and O–H groups in total. The molecular formula is C8H7F3N2O8S. The van der Waals surface area contributed by atoms with Crippen LogP contribution in [0.3, 0.4) is 0 Å². The van der Waals surface area contributed by atoms with E-state index in [9.17, 15) is 40.8 Å². The number of nitrogens with zero attached hydrogens (tertiary/aromatic N) is 1. The number of hydrogen-bond donors (Lipinski definition) is 2. The van der Waals surface area contributed by atoms with E-state index in [1.807, 2.05) is 0 Å². The maximum atomic E-state index is 11.8. The van der Waals surface area contributed by atoms with Crippen LogP contribution in [0.2, 0.25) is 0 Å². The third kappa shape index (κ3) is 4.14. The second-order valence-corrected chi connectivity index (χ2v) is 5.48. The second kappa shape index (κ2) is 5.88. The van der Waals surface area contributed by atoms with E-state index in [4.69, 9.17) is 4.55 Å². The molecule has 1 saturated heterocycles. The average molecular weight is 348 g/mol. The van der Waals surface area contributed by atoms with Gasteiger partial charge in [0.1, 0.15) is 6.54 Å². The molecule has 22 heavy (non-hydrogen) atoms. The fourth-order valence-electron chi connectivity index (χ4n) is 1.30. The van der Waals surface area contributed by atoms with E-state index in [0.29, 0.717) is 0 Å². The van der Waals surface area contributed by atoms with Crippen LogP contribution in [-0.2, 0) is 34.1 Å². The predicted octanol–water partition coefficient (Wildman–Crippen LogP) is -1.86. The van der Waals surface area contributed by atoms with Crippen molar-refractivity contribution >= 4 is 33.8 Å². The molecular weight excluding hydrogens is 341 g/mol. The Morgan fingerprint density at radius 3 is 2.32 bits per heavy atom. The molecule has 0 aliphatic carbocycles. The molecule has 1 aliphatic rings. The largest absolute Gasteiger partial charge is 0.471 e. The van der Waals surface area contributed by atoms with Crippen LogP contribution < -0.4 is 5.32 Å². The molecule has 10 nitrogen and oxygen atoms in total. The number of carbonyl (C=O) groups excluding carboxylic acids is 4. The Morgan fingerprint density at radius 1 is 1.36 bits per heavy atom. The number of hydrogen-bond acceptors (Lipinski definition) is 7. The standard InChI is InChI=1S/C8H7F3N2O8S/c9-8(10,11)7(17)12-2-5(15)21-13-4(14)1-3(6(13)16)22(18,19)20/h3H,1-2H2,(H,12,17)(H,18,19,20). The Morgan fingerprint density at radius 2 is 1.91 bits per heavy atom. The lowest BCUT2D eigenvalue weighted by atomic mass is 10.4. The zero-order valence-electron chi connectivity index (χ0n) is 10.3. The third-order valence-electron chi connectivity index (χ3n) is 2.27. The van der Waals surface area contributed by atoms with E-state index < -0.39 is 58.2 Å². The van der Waals surface area contributed by atoms with Crippen molar-refractivity contribution < 1.29 is 50.2 Å². The van der Waals surface area contributed by atoms with Gasteiger partial charge in [-0.05, 0) is 0 Å². The van der Waals surface area contributed by atoms with Crippen molar-refractivity contribution in [3.63, 3.8) is 0 Å². The highest BCUT2D eigenvalue weighted by atomic mass is 32.2. The summed E-state index contributed by atoms with van der Waals surface area (Å²) in [5.74, 6) is -6.97. The Labute approximate surface area is 119 Å². The molecule has 0 aromatic carbocycles. The van der Waals surface area contributed by atoms with Gasteiger partial charge in [-0.2, -0.15) is 21.6 Å². The number of rotatable bonds is 4. The maximum absolute atomic E-state index is 11.8. The number of nitrogens with one attached hydrogen (secondary N) is 1. The molecule has 3 amide bonds. The van der Waals surface area contributed by atoms with Crippen LogP contribution in [0.25, 0.3) is 0 Å². The van der Waals surface area contributed by atoms with Gasteiger partial charge in [-0.3, -0.25) is 18.9 Å². The van der Waals surface area contributed by atoms with E-state index in [1.54, 1.807) is 0 Å². The molecule has 14 heteroatoms. The smallest absolute Gasteiger partial charge is 0.337 e. The Hall–Kier alpha value is -2.22. The third-order valence-corrected chi connectivity index (χ3v) is 3.35. The molecule has 0 bridgehead atoms. The molecule has 0 radical (unpaired) electrons. The van der Waals surface area contributed by atoms with Gasteiger partial charge in [0.05, 0.1) is 6.42 Å². The first-order chi connectivity index (χ1) is 9.84. The molecule has 0 saturated carbocycles. The van der Waals surface area contributed by atoms with Gasteiger partial charge >= 0.3 is 18.1 Å². The van der Waals surface area contributed by atoms with Gasteiger partial charge in [0.25, 0.3) is 21.9 Å². The van der Waals surface area contributed by atoms with Gasteiger partial charge in [0.15, 0.2) is 5.25 Å². The van der Waals surface area contributed by atoms with Crippen molar-refractivity contribution in [3.05, 3.63) is 0 Å². The molecule has 0 aromatic rings. The van der Waals surface area contributed by atoms with Gasteiger partial charge in [0, 0.05) is 0 Å². The van der Waals surface area contributed by atoms with Crippen molar-refractivity contribution in [3.8, 4) is 0 Å². The zero-order chi connectivity index (χ0) is 17.3. The van der Waals surface area contributed by atoms with Crippen LogP contribution >= 0.6 is 0 Å². The normalized spacial score (nSPS) is 19.3. The van der Waals surface area contributed by atoms with Crippen molar-refractivity contribution in [1.82, 2.24) is 10.4 Å². The molecule has 1 fully saturated rings. The van der Waals surface area contributed by atoms with Crippen molar-refractivity contribution in [1.29, 1.82) is 0 Å². The number of hydroxylamine groups is 2. The zero-order valence-corrected chi connectivity index (χ0v) is 11.1. The summed E-state index contributed by atoms with van der Waals surface area (Å²) in [4.78, 5) is 48.3. The SMILES string of the molecule is O=C(CNC(=O)C(F)(F)F)ON1C(=O)CC(S(=O)(=O)O)C1=O. The lowest BCUT2D eigenvalue weighted by molar-refractivity contribution is -0.197. The van der Waals surface area contributed by atoms with Crippen LogP contribution in [0, 0.1) is 0 Å². The Bertz CT molecular complexity index is 628. The minimum atomic E-state index is -5.25. The van der Waals surface area contributed by atoms with Crippen molar-refractivity contribution in [2.45, 2.75) is 17.8 Å². The quantitative estimate of drug-likeness (QED) is 0.444. The Balaban J connectivity index is 2.64. The number of carbonyl (C=O) groups is 4. The lowest BCUT2D eigenvalue weighted by Crippen LogP contribution is -2.43. The maximum Gasteiger partial charge on any atom is 0.471 e. The number of alkyl halides is 3. The summed E-state index contributed by atoms with van der Waals surface area (Å²) in [6.07, 6.45) is -6.25. The topological polar surface area (TPSA) is 147 Å². The van der Waals surface area contributed by atoms with Gasteiger partial charge in [-0.25, -0.2) is 4.79 Å². The summed E-state index contributed by atoms with van der Waals surface area (Å²) in [5, 5.41) is -1.36. The van der Waals surface area contributed by atoms with Gasteiger partial charge in [-0.15, -0.1) is 5.06 Å². The average Bonchev–Trinajstić information content (AvgIpc) is 2.62. The molecule has 1 aliphatic heterocycles. The molecule has 0 aromatic heterocycles. The Kier molecular flexibility index (Phi) is 4.76. The van der Waals surface area contributed by atoms with Crippen LogP contribution in [0.5, 0.6) is 0 Å². The predicted molar refractivity (Wildman–Crippen MR) is 57.0 cm³/mol. The highest BCUT2D eigenvalue weighted by molar-refractivity contribution is 7.87. The molecule has 1 rings (SSSR count). The van der Waals surface area contributed by atoms with Gasteiger partial charge in [-0.1, -0.05) is 0 Å². The van der Waals surface area contributed by atoms with Crippen molar-refractivity contribution in [2.24, 2.45) is 0 Å². The minimum Gasteiger partial charge on any atom is -0.337 e. The summed E-state index contributed by atoms with van der Waals surface area (Å²) in [6, 6.07) is 0. The molecule has 1 atom stereocenters. The molecule has 0 spiro atoms. The number of amides is 3. The van der Waals surface area contributed by atoms with Crippen LogP contribution in [-0.4, -0.2) is 59.7 Å². The number of imide groups is 1. The first-order valence-electron chi connectivity index (χ1n) is 5.23. The highest BCUT2D eigenvalue weighted by Gasteiger charge is 2.48. The summed E-state index contributed by atoms with van der Waals surface area (Å²) in [7, 11) is -4.92. The van der Waals surface area contributed by atoms with Crippen LogP contribution in [0.4, 0.5) is 13.2 Å².